The molecule has 1 aliphatic rings. The molecule has 1 aromatic heterocycles. The lowest BCUT2D eigenvalue weighted by molar-refractivity contribution is 0.0299. The highest BCUT2D eigenvalue weighted by Gasteiger charge is 2.19. The molecular formula is C18H21N3O2. The van der Waals surface area contributed by atoms with Crippen LogP contribution in [0.4, 0.5) is 5.69 Å². The number of morpholine rings is 1. The Kier molecular flexibility index (Phi) is 4.88. The predicted molar refractivity (Wildman–Crippen MR) is 89.5 cm³/mol. The summed E-state index contributed by atoms with van der Waals surface area (Å²) in [5.74, 6) is -0.0347. The number of nitrogens with zero attached hydrogens (tertiary/aromatic N) is 2. The van der Waals surface area contributed by atoms with Crippen molar-refractivity contribution in [1.29, 1.82) is 0 Å². The molecular weight excluding hydrogens is 290 g/mol. The van der Waals surface area contributed by atoms with Gasteiger partial charge in [0.05, 0.1) is 13.2 Å². The summed E-state index contributed by atoms with van der Waals surface area (Å²) in [6, 6.07) is 12.1. The molecule has 1 aromatic carbocycles. The van der Waals surface area contributed by atoms with Gasteiger partial charge >= 0.3 is 0 Å². The number of aryl methyl sites for hydroxylation is 1. The van der Waals surface area contributed by atoms with Gasteiger partial charge in [-0.15, -0.1) is 0 Å². The Hall–Kier alpha value is -2.40. The Labute approximate surface area is 136 Å². The quantitative estimate of drug-likeness (QED) is 0.942. The van der Waals surface area contributed by atoms with Gasteiger partial charge in [0.25, 0.3) is 5.91 Å². The monoisotopic (exact) mass is 311 g/mol. The molecule has 3 rings (SSSR count). The largest absolute Gasteiger partial charge is 0.381 e. The Morgan fingerprint density at radius 3 is 2.87 bits per heavy atom. The van der Waals surface area contributed by atoms with Crippen molar-refractivity contribution in [3.05, 3.63) is 59.4 Å². The fourth-order valence-corrected chi connectivity index (χ4v) is 2.61. The average Bonchev–Trinajstić information content (AvgIpc) is 2.60. The van der Waals surface area contributed by atoms with Crippen molar-refractivity contribution in [1.82, 2.24) is 9.88 Å². The fraction of sp³-hybridized carbons (Fsp3) is 0.333. The number of pyridine rings is 1. The van der Waals surface area contributed by atoms with Crippen LogP contribution in [-0.2, 0) is 11.3 Å². The maximum Gasteiger partial charge on any atom is 0.272 e. The minimum absolute atomic E-state index is 0.0347. The second kappa shape index (κ2) is 7.24. The van der Waals surface area contributed by atoms with Crippen LogP contribution in [0, 0.1) is 6.92 Å². The van der Waals surface area contributed by atoms with E-state index in [0.29, 0.717) is 32.0 Å². The molecule has 0 spiro atoms. The molecule has 1 fully saturated rings. The van der Waals surface area contributed by atoms with E-state index < -0.39 is 0 Å². The van der Waals surface area contributed by atoms with Gasteiger partial charge in [-0.05, 0) is 24.6 Å². The third-order valence-corrected chi connectivity index (χ3v) is 3.86. The second-order valence-electron chi connectivity index (χ2n) is 5.68. The summed E-state index contributed by atoms with van der Waals surface area (Å²) in [6.07, 6.45) is 1.67. The normalized spacial score (nSPS) is 14.6. The summed E-state index contributed by atoms with van der Waals surface area (Å²) in [4.78, 5) is 18.5. The van der Waals surface area contributed by atoms with Gasteiger partial charge in [0, 0.05) is 31.5 Å². The summed E-state index contributed by atoms with van der Waals surface area (Å²) in [6.45, 7) is 5.24. The van der Waals surface area contributed by atoms with E-state index in [1.165, 1.54) is 11.1 Å². The van der Waals surface area contributed by atoms with Crippen molar-refractivity contribution in [2.75, 3.05) is 31.6 Å². The van der Waals surface area contributed by atoms with Gasteiger partial charge in [0.15, 0.2) is 0 Å². The van der Waals surface area contributed by atoms with E-state index in [1.54, 1.807) is 11.1 Å². The van der Waals surface area contributed by atoms with Crippen LogP contribution in [0.2, 0.25) is 0 Å². The van der Waals surface area contributed by atoms with Gasteiger partial charge in [0.1, 0.15) is 5.69 Å². The third-order valence-electron chi connectivity index (χ3n) is 3.86. The van der Waals surface area contributed by atoms with Crippen LogP contribution >= 0.6 is 0 Å². The predicted octanol–water partition coefficient (Wildman–Crippen LogP) is 2.47. The zero-order valence-electron chi connectivity index (χ0n) is 13.3. The van der Waals surface area contributed by atoms with Crippen LogP contribution in [0.3, 0.4) is 0 Å². The topological polar surface area (TPSA) is 54.5 Å². The van der Waals surface area contributed by atoms with Gasteiger partial charge in [0.2, 0.25) is 0 Å². The minimum Gasteiger partial charge on any atom is -0.381 e. The molecule has 120 valence electrons. The molecule has 23 heavy (non-hydrogen) atoms. The van der Waals surface area contributed by atoms with Crippen LogP contribution in [0.15, 0.2) is 42.6 Å². The molecule has 1 aliphatic heterocycles. The first-order valence-corrected chi connectivity index (χ1v) is 7.85. The lowest BCUT2D eigenvalue weighted by atomic mass is 10.1. The Bertz CT molecular complexity index is 681. The maximum absolute atomic E-state index is 12.5. The lowest BCUT2D eigenvalue weighted by Gasteiger charge is -2.26. The summed E-state index contributed by atoms with van der Waals surface area (Å²) in [5, 5.41) is 3.35. The van der Waals surface area contributed by atoms with Gasteiger partial charge < -0.3 is 15.0 Å². The number of nitrogens with one attached hydrogen (secondary N) is 1. The Morgan fingerprint density at radius 2 is 2.09 bits per heavy atom. The SMILES string of the molecule is Cc1cccc(CNc2ccnc(C(=O)N3CCOCC3)c2)c1. The highest BCUT2D eigenvalue weighted by molar-refractivity contribution is 5.93. The molecule has 5 heteroatoms. The lowest BCUT2D eigenvalue weighted by Crippen LogP contribution is -2.41. The molecule has 1 saturated heterocycles. The molecule has 0 atom stereocenters. The molecule has 0 radical (unpaired) electrons. The van der Waals surface area contributed by atoms with Crippen LogP contribution in [0.5, 0.6) is 0 Å². The highest BCUT2D eigenvalue weighted by atomic mass is 16.5. The summed E-state index contributed by atoms with van der Waals surface area (Å²) < 4.78 is 5.28. The number of benzene rings is 1. The smallest absolute Gasteiger partial charge is 0.272 e. The molecule has 2 aromatic rings. The Balaban J connectivity index is 1.66. The standard InChI is InChI=1S/C18H21N3O2/c1-14-3-2-4-15(11-14)13-20-16-5-6-19-17(12-16)18(22)21-7-9-23-10-8-21/h2-6,11-12H,7-10,13H2,1H3,(H,19,20). The van der Waals surface area contributed by atoms with E-state index in [2.05, 4.69) is 35.4 Å². The number of hydrogen-bond donors (Lipinski definition) is 1. The molecule has 0 unspecified atom stereocenters. The molecule has 0 bridgehead atoms. The number of amides is 1. The number of anilines is 1. The van der Waals surface area contributed by atoms with Crippen molar-refractivity contribution in [2.45, 2.75) is 13.5 Å². The number of ether oxygens (including phenoxy) is 1. The van der Waals surface area contributed by atoms with Gasteiger partial charge in [-0.1, -0.05) is 29.8 Å². The Morgan fingerprint density at radius 1 is 1.26 bits per heavy atom. The van der Waals surface area contributed by atoms with Crippen molar-refractivity contribution >= 4 is 11.6 Å². The van der Waals surface area contributed by atoms with Gasteiger partial charge in [-0.25, -0.2) is 0 Å². The van der Waals surface area contributed by atoms with E-state index in [1.807, 2.05) is 18.2 Å². The van der Waals surface area contributed by atoms with Gasteiger partial charge in [-0.2, -0.15) is 0 Å². The molecule has 1 amide bonds. The fourth-order valence-electron chi connectivity index (χ4n) is 2.61. The van der Waals surface area contributed by atoms with Crippen LogP contribution in [-0.4, -0.2) is 42.1 Å². The van der Waals surface area contributed by atoms with Gasteiger partial charge in [-0.3, -0.25) is 9.78 Å². The minimum atomic E-state index is -0.0347. The first-order valence-electron chi connectivity index (χ1n) is 7.85. The van der Waals surface area contributed by atoms with Crippen molar-refractivity contribution in [3.8, 4) is 0 Å². The summed E-state index contributed by atoms with van der Waals surface area (Å²) in [5.41, 5.74) is 3.82. The molecule has 1 N–H and O–H groups in total. The van der Waals surface area contributed by atoms with E-state index in [9.17, 15) is 4.79 Å². The molecule has 0 saturated carbocycles. The number of rotatable bonds is 4. The van der Waals surface area contributed by atoms with E-state index >= 15 is 0 Å². The maximum atomic E-state index is 12.5. The number of aromatic nitrogens is 1. The second-order valence-corrected chi connectivity index (χ2v) is 5.68. The first kappa shape index (κ1) is 15.5. The highest BCUT2D eigenvalue weighted by Crippen LogP contribution is 2.13. The molecule has 5 nitrogen and oxygen atoms in total. The number of carbonyl (C=O) groups is 1. The van der Waals surface area contributed by atoms with E-state index in [-0.39, 0.29) is 5.91 Å². The number of carbonyl (C=O) groups excluding carboxylic acids is 1. The third kappa shape index (κ3) is 4.07. The molecule has 0 aliphatic carbocycles. The zero-order valence-corrected chi connectivity index (χ0v) is 13.3. The van der Waals surface area contributed by atoms with E-state index in [0.717, 1.165) is 12.2 Å². The summed E-state index contributed by atoms with van der Waals surface area (Å²) in [7, 11) is 0. The van der Waals surface area contributed by atoms with Crippen molar-refractivity contribution in [2.24, 2.45) is 0 Å². The zero-order chi connectivity index (χ0) is 16.1. The first-order chi connectivity index (χ1) is 11.2. The van der Waals surface area contributed by atoms with Crippen LogP contribution in [0.25, 0.3) is 0 Å². The van der Waals surface area contributed by atoms with E-state index in [4.69, 9.17) is 4.74 Å². The molecule has 2 heterocycles. The van der Waals surface area contributed by atoms with Crippen molar-refractivity contribution < 1.29 is 9.53 Å². The van der Waals surface area contributed by atoms with Crippen LogP contribution < -0.4 is 5.32 Å². The van der Waals surface area contributed by atoms with Crippen LogP contribution in [0.1, 0.15) is 21.6 Å². The number of hydrogen-bond acceptors (Lipinski definition) is 4. The average molecular weight is 311 g/mol. The van der Waals surface area contributed by atoms with Crippen molar-refractivity contribution in [3.63, 3.8) is 0 Å². The summed E-state index contributed by atoms with van der Waals surface area (Å²) >= 11 is 0.